The second-order valence-corrected chi connectivity index (χ2v) is 6.17. The van der Waals surface area contributed by atoms with Crippen molar-refractivity contribution in [1.29, 1.82) is 0 Å². The zero-order valence-electron chi connectivity index (χ0n) is 10.5. The predicted molar refractivity (Wildman–Crippen MR) is 64.4 cm³/mol. The van der Waals surface area contributed by atoms with Crippen molar-refractivity contribution in [2.24, 2.45) is 17.1 Å². The largest absolute Gasteiger partial charge is 0.371 e. The Hall–Kier alpha value is -0.610. The highest BCUT2D eigenvalue weighted by Gasteiger charge is 2.50. The zero-order valence-corrected chi connectivity index (χ0v) is 10.5. The Morgan fingerprint density at radius 1 is 1.35 bits per heavy atom. The van der Waals surface area contributed by atoms with Gasteiger partial charge in [0, 0.05) is 19.6 Å². The van der Waals surface area contributed by atoms with Crippen molar-refractivity contribution in [2.75, 3.05) is 19.6 Å². The summed E-state index contributed by atoms with van der Waals surface area (Å²) in [5, 5.41) is 0. The fourth-order valence-corrected chi connectivity index (χ4v) is 3.82. The minimum atomic E-state index is -0.240. The van der Waals surface area contributed by atoms with Crippen LogP contribution >= 0.6 is 0 Å². The maximum Gasteiger partial charge on any atom is 0.230 e. The number of carbonyl (C=O) groups excluding carboxylic acids is 1. The lowest BCUT2D eigenvalue weighted by atomic mass is 9.61. The van der Waals surface area contributed by atoms with Crippen molar-refractivity contribution < 1.29 is 9.53 Å². The Morgan fingerprint density at radius 3 is 2.41 bits per heavy atom. The van der Waals surface area contributed by atoms with Crippen molar-refractivity contribution in [3.05, 3.63) is 0 Å². The van der Waals surface area contributed by atoms with Crippen LogP contribution in [-0.2, 0) is 9.53 Å². The number of hydrogen-bond donors (Lipinski definition) is 1. The van der Waals surface area contributed by atoms with Crippen LogP contribution in [0.3, 0.4) is 0 Å². The van der Waals surface area contributed by atoms with E-state index in [1.165, 1.54) is 0 Å². The molecule has 0 aromatic carbocycles. The molecule has 2 aliphatic heterocycles. The predicted octanol–water partition coefficient (Wildman–Crippen LogP) is 0.751. The number of carbonyl (C=O) groups is 1. The van der Waals surface area contributed by atoms with Crippen LogP contribution in [0.4, 0.5) is 0 Å². The van der Waals surface area contributed by atoms with Gasteiger partial charge in [0.05, 0.1) is 17.6 Å². The van der Waals surface area contributed by atoms with Gasteiger partial charge in [0.15, 0.2) is 0 Å². The summed E-state index contributed by atoms with van der Waals surface area (Å²) in [5.41, 5.74) is 5.60. The van der Waals surface area contributed by atoms with E-state index in [9.17, 15) is 4.79 Å². The first kappa shape index (κ1) is 11.5. The number of likely N-dealkylation sites (tertiary alicyclic amines) is 1. The molecule has 4 heteroatoms. The van der Waals surface area contributed by atoms with Gasteiger partial charge in [-0.3, -0.25) is 4.79 Å². The van der Waals surface area contributed by atoms with E-state index in [0.717, 1.165) is 38.8 Å². The second kappa shape index (κ2) is 3.95. The van der Waals surface area contributed by atoms with Crippen molar-refractivity contribution in [2.45, 2.75) is 44.8 Å². The molecule has 3 aliphatic rings. The van der Waals surface area contributed by atoms with Crippen LogP contribution in [0.5, 0.6) is 0 Å². The number of rotatable bonds is 2. The van der Waals surface area contributed by atoms with Crippen LogP contribution in [0.15, 0.2) is 0 Å². The van der Waals surface area contributed by atoms with Gasteiger partial charge in [-0.25, -0.2) is 0 Å². The summed E-state index contributed by atoms with van der Waals surface area (Å²) in [4.78, 5) is 14.6. The molecule has 1 aliphatic carbocycles. The number of nitrogens with two attached hydrogens (primary N) is 1. The lowest BCUT2D eigenvalue weighted by Gasteiger charge is -2.48. The lowest BCUT2D eigenvalue weighted by molar-refractivity contribution is -0.158. The average molecular weight is 238 g/mol. The molecule has 0 aromatic heterocycles. The Balaban J connectivity index is 1.70. The van der Waals surface area contributed by atoms with E-state index in [2.05, 4.69) is 6.92 Å². The van der Waals surface area contributed by atoms with Gasteiger partial charge in [0.1, 0.15) is 0 Å². The molecule has 1 amide bonds. The maximum absolute atomic E-state index is 12.6. The number of fused-ring (bicyclic) bond motifs is 2. The third-order valence-corrected chi connectivity index (χ3v) is 4.65. The minimum absolute atomic E-state index is 0.240. The maximum atomic E-state index is 12.6. The Morgan fingerprint density at radius 2 is 1.94 bits per heavy atom. The van der Waals surface area contributed by atoms with Gasteiger partial charge in [0.2, 0.25) is 5.91 Å². The molecule has 3 rings (SSSR count). The highest BCUT2D eigenvalue weighted by molar-refractivity contribution is 5.84. The smallest absolute Gasteiger partial charge is 0.230 e. The zero-order chi connectivity index (χ0) is 12.0. The molecule has 4 nitrogen and oxygen atoms in total. The third-order valence-electron chi connectivity index (χ3n) is 4.65. The number of morpholine rings is 1. The molecule has 2 saturated heterocycles. The van der Waals surface area contributed by atoms with Crippen LogP contribution in [-0.4, -0.2) is 42.6 Å². The lowest BCUT2D eigenvalue weighted by Crippen LogP contribution is -2.58. The van der Waals surface area contributed by atoms with Gasteiger partial charge in [-0.15, -0.1) is 0 Å². The molecular formula is C13H22N2O2. The molecule has 0 radical (unpaired) electrons. The Bertz CT molecular complexity index is 313. The molecule has 2 atom stereocenters. The normalized spacial score (nSPS) is 44.6. The van der Waals surface area contributed by atoms with Gasteiger partial charge < -0.3 is 15.4 Å². The van der Waals surface area contributed by atoms with E-state index in [-0.39, 0.29) is 17.6 Å². The van der Waals surface area contributed by atoms with Crippen LogP contribution in [0.25, 0.3) is 0 Å². The van der Waals surface area contributed by atoms with Crippen molar-refractivity contribution in [1.82, 2.24) is 4.90 Å². The fourth-order valence-electron chi connectivity index (χ4n) is 3.82. The summed E-state index contributed by atoms with van der Waals surface area (Å²) in [7, 11) is 0. The highest BCUT2D eigenvalue weighted by atomic mass is 16.5. The molecular weight excluding hydrogens is 216 g/mol. The minimum Gasteiger partial charge on any atom is -0.371 e. The molecule has 2 heterocycles. The van der Waals surface area contributed by atoms with E-state index in [4.69, 9.17) is 10.5 Å². The van der Waals surface area contributed by atoms with Crippen LogP contribution < -0.4 is 5.73 Å². The SMILES string of the molecule is CC1CC(CN)(C(=O)N2CC3CCC(C2)O3)C1. The van der Waals surface area contributed by atoms with Crippen molar-refractivity contribution in [3.8, 4) is 0 Å². The van der Waals surface area contributed by atoms with E-state index < -0.39 is 0 Å². The molecule has 2 bridgehead atoms. The third kappa shape index (κ3) is 1.78. The van der Waals surface area contributed by atoms with Crippen LogP contribution in [0.1, 0.15) is 32.6 Å². The number of hydrogen-bond acceptors (Lipinski definition) is 3. The standard InChI is InChI=1S/C13H22N2O2/c1-9-4-13(5-9,8-14)12(16)15-6-10-2-3-11(7-15)17-10/h9-11H,2-8,14H2,1H3. The molecule has 0 spiro atoms. The Kier molecular flexibility index (Phi) is 2.67. The monoisotopic (exact) mass is 238 g/mol. The van der Waals surface area contributed by atoms with Gasteiger partial charge in [-0.2, -0.15) is 0 Å². The molecule has 2 unspecified atom stereocenters. The second-order valence-electron chi connectivity index (χ2n) is 6.17. The van der Waals surface area contributed by atoms with Crippen molar-refractivity contribution >= 4 is 5.91 Å². The fraction of sp³-hybridized carbons (Fsp3) is 0.923. The summed E-state index contributed by atoms with van der Waals surface area (Å²) in [6, 6.07) is 0. The quantitative estimate of drug-likeness (QED) is 0.772. The van der Waals surface area contributed by atoms with E-state index in [0.29, 0.717) is 18.4 Å². The first-order chi connectivity index (χ1) is 8.13. The Labute approximate surface area is 102 Å². The number of amides is 1. The summed E-state index contributed by atoms with van der Waals surface area (Å²) in [5.74, 6) is 0.943. The van der Waals surface area contributed by atoms with Crippen LogP contribution in [0.2, 0.25) is 0 Å². The van der Waals surface area contributed by atoms with Crippen molar-refractivity contribution in [3.63, 3.8) is 0 Å². The summed E-state index contributed by atoms with van der Waals surface area (Å²) in [6.45, 7) is 4.27. The molecule has 17 heavy (non-hydrogen) atoms. The van der Waals surface area contributed by atoms with Gasteiger partial charge in [-0.1, -0.05) is 6.92 Å². The molecule has 3 fully saturated rings. The molecule has 1 saturated carbocycles. The highest BCUT2D eigenvalue weighted by Crippen LogP contribution is 2.46. The van der Waals surface area contributed by atoms with Gasteiger partial charge >= 0.3 is 0 Å². The molecule has 96 valence electrons. The first-order valence-electron chi connectivity index (χ1n) is 6.78. The molecule has 0 aromatic rings. The van der Waals surface area contributed by atoms with E-state index in [1.54, 1.807) is 0 Å². The number of nitrogens with zero attached hydrogens (tertiary/aromatic N) is 1. The number of ether oxygens (including phenoxy) is 1. The summed E-state index contributed by atoms with van der Waals surface area (Å²) < 4.78 is 5.77. The van der Waals surface area contributed by atoms with E-state index >= 15 is 0 Å². The first-order valence-corrected chi connectivity index (χ1v) is 6.78. The average Bonchev–Trinajstić information content (AvgIpc) is 2.63. The topological polar surface area (TPSA) is 55.6 Å². The van der Waals surface area contributed by atoms with Crippen LogP contribution in [0, 0.1) is 11.3 Å². The molecule has 2 N–H and O–H groups in total. The van der Waals surface area contributed by atoms with Gasteiger partial charge in [0.25, 0.3) is 0 Å². The summed E-state index contributed by atoms with van der Waals surface area (Å²) >= 11 is 0. The summed E-state index contributed by atoms with van der Waals surface area (Å²) in [6.07, 6.45) is 4.72. The van der Waals surface area contributed by atoms with Gasteiger partial charge in [-0.05, 0) is 31.6 Å². The van der Waals surface area contributed by atoms with E-state index in [1.807, 2.05) is 4.90 Å².